The van der Waals surface area contributed by atoms with E-state index in [2.05, 4.69) is 30.8 Å². The summed E-state index contributed by atoms with van der Waals surface area (Å²) in [6.45, 7) is 11.9. The number of fused-ring (bicyclic) bond motifs is 1. The topological polar surface area (TPSA) is 157 Å². The number of aliphatic hydroxyl groups is 1. The van der Waals surface area contributed by atoms with Gasteiger partial charge in [0.1, 0.15) is 6.04 Å². The lowest BCUT2D eigenvalue weighted by atomic mass is 9.72. The molecule has 2 amide bonds. The molecule has 5 N–H and O–H groups in total. The first kappa shape index (κ1) is 37.0. The third-order valence-electron chi connectivity index (χ3n) is 10.1. The first-order valence-electron chi connectivity index (χ1n) is 17.0. The molecule has 11 nitrogen and oxygen atoms in total. The molecule has 0 bridgehead atoms. The molecule has 2 aromatic rings. The standard InChI is InChI=1S/C35H56N6O5S/c1-23-28(38-22-37-23)19-36-31(35(5,6)47(7,45)46)33(44)39-27(17-24-13-9-8-10-14-24)30(42)21-41-20-26-16-12-11-15-25(26)18-29(41)32(43)40-34(2,3)4/h8-10,13-14,22,25-27,29-31,36,42H,11-12,15-21H2,1-7H3,(H,37,38)(H,39,44)(H,40,43)/t25-,26+,27?,29?,30?,31+/m0/s1. The van der Waals surface area contributed by atoms with E-state index in [0.29, 0.717) is 30.5 Å². The molecule has 2 fully saturated rings. The third-order valence-corrected chi connectivity index (χ3v) is 12.3. The van der Waals surface area contributed by atoms with Crippen LogP contribution in [0.4, 0.5) is 0 Å². The summed E-state index contributed by atoms with van der Waals surface area (Å²) in [4.78, 5) is 37.2. The van der Waals surface area contributed by atoms with Crippen molar-refractivity contribution in [1.82, 2.24) is 30.8 Å². The lowest BCUT2D eigenvalue weighted by Gasteiger charge is -2.47. The van der Waals surface area contributed by atoms with Crippen molar-refractivity contribution in [2.24, 2.45) is 11.8 Å². The third kappa shape index (κ3) is 9.64. The van der Waals surface area contributed by atoms with E-state index >= 15 is 0 Å². The zero-order valence-electron chi connectivity index (χ0n) is 29.2. The number of aliphatic hydroxyl groups excluding tert-OH is 1. The van der Waals surface area contributed by atoms with Gasteiger partial charge in [0, 0.05) is 37.1 Å². The number of piperidine rings is 1. The number of nitrogens with one attached hydrogen (secondary N) is 4. The Balaban J connectivity index is 1.60. The van der Waals surface area contributed by atoms with Gasteiger partial charge in [-0.05, 0) is 78.2 Å². The van der Waals surface area contributed by atoms with E-state index in [-0.39, 0.29) is 25.0 Å². The second kappa shape index (κ2) is 15.2. The Bertz CT molecular complexity index is 1450. The molecule has 1 aliphatic heterocycles. The number of hydrogen-bond donors (Lipinski definition) is 5. The van der Waals surface area contributed by atoms with Crippen LogP contribution in [0.5, 0.6) is 0 Å². The summed E-state index contributed by atoms with van der Waals surface area (Å²) >= 11 is 0. The van der Waals surface area contributed by atoms with E-state index in [1.807, 2.05) is 58.0 Å². The van der Waals surface area contributed by atoms with E-state index < -0.39 is 44.2 Å². The van der Waals surface area contributed by atoms with E-state index in [1.54, 1.807) is 6.33 Å². The minimum atomic E-state index is -3.70. The zero-order valence-corrected chi connectivity index (χ0v) is 30.0. The summed E-state index contributed by atoms with van der Waals surface area (Å²) in [5.74, 6) is 0.383. The second-order valence-electron chi connectivity index (χ2n) is 15.3. The largest absolute Gasteiger partial charge is 0.390 e. The van der Waals surface area contributed by atoms with Gasteiger partial charge >= 0.3 is 0 Å². The molecule has 1 aromatic heterocycles. The minimum absolute atomic E-state index is 0.0369. The lowest BCUT2D eigenvalue weighted by Crippen LogP contribution is -2.63. The second-order valence-corrected chi connectivity index (χ2v) is 17.9. The van der Waals surface area contributed by atoms with Crippen molar-refractivity contribution in [1.29, 1.82) is 0 Å². The molecule has 2 aliphatic rings. The van der Waals surface area contributed by atoms with Gasteiger partial charge in [0.25, 0.3) is 0 Å². The number of carbonyl (C=O) groups is 2. The normalized spacial score (nSPS) is 22.9. The fraction of sp³-hybridized carbons (Fsp3) is 0.686. The van der Waals surface area contributed by atoms with Crippen molar-refractivity contribution in [3.63, 3.8) is 0 Å². The van der Waals surface area contributed by atoms with Crippen molar-refractivity contribution in [2.45, 2.75) is 121 Å². The molecule has 6 atom stereocenters. The van der Waals surface area contributed by atoms with Crippen LogP contribution in [0.25, 0.3) is 0 Å². The summed E-state index contributed by atoms with van der Waals surface area (Å²) < 4.78 is 24.5. The van der Waals surface area contributed by atoms with Gasteiger partial charge in [-0.15, -0.1) is 0 Å². The number of H-pyrrole nitrogens is 1. The molecule has 2 heterocycles. The number of nitrogens with zero attached hydrogens (tertiary/aromatic N) is 2. The number of sulfone groups is 1. The average molecular weight is 673 g/mol. The van der Waals surface area contributed by atoms with Gasteiger partial charge in [0.15, 0.2) is 9.84 Å². The Kier molecular flexibility index (Phi) is 12.0. The van der Waals surface area contributed by atoms with Gasteiger partial charge in [0.05, 0.1) is 35.0 Å². The first-order chi connectivity index (χ1) is 22.0. The fourth-order valence-corrected chi connectivity index (χ4v) is 7.66. The van der Waals surface area contributed by atoms with E-state index in [4.69, 9.17) is 0 Å². The summed E-state index contributed by atoms with van der Waals surface area (Å²) in [5, 5.41) is 21.3. The minimum Gasteiger partial charge on any atom is -0.390 e. The molecule has 1 saturated carbocycles. The van der Waals surface area contributed by atoms with Gasteiger partial charge in [-0.1, -0.05) is 49.6 Å². The van der Waals surface area contributed by atoms with Gasteiger partial charge in [-0.25, -0.2) is 13.4 Å². The molecule has 0 spiro atoms. The predicted octanol–water partition coefficient (Wildman–Crippen LogP) is 2.88. The first-order valence-corrected chi connectivity index (χ1v) is 18.9. The number of amides is 2. The van der Waals surface area contributed by atoms with Crippen LogP contribution in [0, 0.1) is 18.8 Å². The zero-order chi connectivity index (χ0) is 34.6. The monoisotopic (exact) mass is 672 g/mol. The quantitative estimate of drug-likeness (QED) is 0.218. The molecule has 0 radical (unpaired) electrons. The van der Waals surface area contributed by atoms with Gasteiger partial charge < -0.3 is 20.7 Å². The van der Waals surface area contributed by atoms with Crippen molar-refractivity contribution >= 4 is 21.7 Å². The number of hydrogen-bond acceptors (Lipinski definition) is 8. The number of aromatic nitrogens is 2. The van der Waals surface area contributed by atoms with Crippen molar-refractivity contribution in [3.05, 3.63) is 53.6 Å². The van der Waals surface area contributed by atoms with Crippen LogP contribution in [0.3, 0.4) is 0 Å². The van der Waals surface area contributed by atoms with E-state index in [0.717, 1.165) is 36.8 Å². The SMILES string of the molecule is Cc1[nH]cnc1CN[C@H](C(=O)NC(Cc1ccccc1)C(O)CN1C[C@H]2CCCC[C@H]2CC1C(=O)NC(C)(C)C)C(C)(C)S(C)(=O)=O. The maximum Gasteiger partial charge on any atom is 0.239 e. The molecule has 1 aromatic carbocycles. The number of β-amino-alcohol motifs (C(OH)–C–C–N with tert-alkyl or cyclic N) is 1. The molecule has 1 aliphatic carbocycles. The highest BCUT2D eigenvalue weighted by Gasteiger charge is 2.45. The summed E-state index contributed by atoms with van der Waals surface area (Å²) in [5.41, 5.74) is 2.03. The molecular formula is C35H56N6O5S. The van der Waals surface area contributed by atoms with Gasteiger partial charge in [-0.2, -0.15) is 0 Å². The van der Waals surface area contributed by atoms with E-state index in [9.17, 15) is 23.1 Å². The number of benzene rings is 1. The maximum atomic E-state index is 14.1. The fourth-order valence-electron chi connectivity index (χ4n) is 7.04. The molecule has 262 valence electrons. The van der Waals surface area contributed by atoms with Crippen LogP contribution >= 0.6 is 0 Å². The predicted molar refractivity (Wildman–Crippen MR) is 184 cm³/mol. The molecule has 4 rings (SSSR count). The van der Waals surface area contributed by atoms with Crippen LogP contribution < -0.4 is 16.0 Å². The molecule has 47 heavy (non-hydrogen) atoms. The maximum absolute atomic E-state index is 14.1. The van der Waals surface area contributed by atoms with Crippen LogP contribution in [-0.4, -0.2) is 94.1 Å². The van der Waals surface area contributed by atoms with Crippen LogP contribution in [0.15, 0.2) is 36.7 Å². The van der Waals surface area contributed by atoms with Gasteiger partial charge in [0.2, 0.25) is 11.8 Å². The summed E-state index contributed by atoms with van der Waals surface area (Å²) in [7, 11) is -3.70. The Hall–Kier alpha value is -2.80. The van der Waals surface area contributed by atoms with E-state index in [1.165, 1.54) is 26.7 Å². The molecular weight excluding hydrogens is 616 g/mol. The number of aromatic amines is 1. The van der Waals surface area contributed by atoms with Gasteiger partial charge in [-0.3, -0.25) is 19.8 Å². The molecule has 3 unspecified atom stereocenters. The highest BCUT2D eigenvalue weighted by Crippen LogP contribution is 2.39. The Morgan fingerprint density at radius 2 is 1.74 bits per heavy atom. The van der Waals surface area contributed by atoms with Crippen LogP contribution in [0.2, 0.25) is 0 Å². The molecule has 1 saturated heterocycles. The Morgan fingerprint density at radius 1 is 1.09 bits per heavy atom. The number of carbonyl (C=O) groups excluding carboxylic acids is 2. The number of likely N-dealkylation sites (tertiary alicyclic amines) is 1. The van der Waals surface area contributed by atoms with Crippen molar-refractivity contribution in [2.75, 3.05) is 19.3 Å². The summed E-state index contributed by atoms with van der Waals surface area (Å²) in [6.07, 6.45) is 7.32. The highest BCUT2D eigenvalue weighted by atomic mass is 32.2. The lowest BCUT2D eigenvalue weighted by molar-refractivity contribution is -0.133. The number of rotatable bonds is 13. The van der Waals surface area contributed by atoms with Crippen LogP contribution in [-0.2, 0) is 32.4 Å². The molecule has 12 heteroatoms. The van der Waals surface area contributed by atoms with Crippen molar-refractivity contribution in [3.8, 4) is 0 Å². The highest BCUT2D eigenvalue weighted by molar-refractivity contribution is 7.92. The average Bonchev–Trinajstić information content (AvgIpc) is 3.39. The summed E-state index contributed by atoms with van der Waals surface area (Å²) in [6, 6.07) is 7.34. The number of imidazole rings is 1. The van der Waals surface area contributed by atoms with Crippen molar-refractivity contribution < 1.29 is 23.1 Å². The smallest absolute Gasteiger partial charge is 0.239 e. The Labute approximate surface area is 281 Å². The number of aryl methyl sites for hydroxylation is 1. The van der Waals surface area contributed by atoms with Crippen LogP contribution in [0.1, 0.15) is 83.7 Å². The Morgan fingerprint density at radius 3 is 2.34 bits per heavy atom.